The highest BCUT2D eigenvalue weighted by molar-refractivity contribution is 7.90. The molecule has 154 valence electrons. The van der Waals surface area contributed by atoms with Crippen LogP contribution in [0.25, 0.3) is 11.0 Å². The van der Waals surface area contributed by atoms with E-state index in [1.54, 1.807) is 12.3 Å². The van der Waals surface area contributed by atoms with Crippen LogP contribution in [0.4, 0.5) is 23.4 Å². The van der Waals surface area contributed by atoms with Crippen molar-refractivity contribution in [1.82, 2.24) is 20.3 Å². The van der Waals surface area contributed by atoms with Gasteiger partial charge >= 0.3 is 0 Å². The van der Waals surface area contributed by atoms with E-state index >= 15 is 0 Å². The van der Waals surface area contributed by atoms with Gasteiger partial charge in [0, 0.05) is 25.5 Å². The molecule has 0 unspecified atom stereocenters. The molecule has 2 heterocycles. The van der Waals surface area contributed by atoms with Gasteiger partial charge in [-0.3, -0.25) is 4.79 Å². The lowest BCUT2D eigenvalue weighted by Crippen LogP contribution is -2.32. The van der Waals surface area contributed by atoms with E-state index in [4.69, 9.17) is 0 Å². The molecule has 0 fully saturated rings. The van der Waals surface area contributed by atoms with Crippen molar-refractivity contribution in [3.05, 3.63) is 47.4 Å². The zero-order chi connectivity index (χ0) is 21.3. The van der Waals surface area contributed by atoms with E-state index in [2.05, 4.69) is 25.6 Å². The van der Waals surface area contributed by atoms with Crippen molar-refractivity contribution in [1.29, 1.82) is 0 Å². The molecule has 0 spiro atoms. The van der Waals surface area contributed by atoms with Crippen LogP contribution in [-0.2, 0) is 9.84 Å². The summed E-state index contributed by atoms with van der Waals surface area (Å²) >= 11 is 0. The summed E-state index contributed by atoms with van der Waals surface area (Å²) in [5.74, 6) is -9.86. The molecule has 0 aliphatic rings. The minimum absolute atomic E-state index is 0.0466. The topological polar surface area (TPSA) is 117 Å². The zero-order valence-electron chi connectivity index (χ0n) is 14.7. The van der Waals surface area contributed by atoms with Crippen LogP contribution in [-0.4, -0.2) is 48.6 Å². The molecule has 1 aromatic carbocycles. The number of aromatic nitrogens is 3. The van der Waals surface area contributed by atoms with Gasteiger partial charge in [0.2, 0.25) is 0 Å². The van der Waals surface area contributed by atoms with Gasteiger partial charge in [-0.05, 0) is 6.07 Å². The first kappa shape index (κ1) is 20.5. The van der Waals surface area contributed by atoms with Crippen LogP contribution in [0.2, 0.25) is 0 Å². The number of fused-ring (bicyclic) bond motifs is 1. The summed E-state index contributed by atoms with van der Waals surface area (Å²) in [7, 11) is -4.58. The van der Waals surface area contributed by atoms with E-state index in [9.17, 15) is 30.8 Å². The first-order chi connectivity index (χ1) is 13.6. The SMILES string of the molecule is CS(=O)(=O)c1c(F)c(F)c(F)c(F)c1C(=O)NCCNc1ncnc2[nH]ccc12. The van der Waals surface area contributed by atoms with Crippen molar-refractivity contribution < 1.29 is 30.8 Å². The molecule has 0 bridgehead atoms. The molecule has 1 amide bonds. The van der Waals surface area contributed by atoms with Gasteiger partial charge in [0.25, 0.3) is 5.91 Å². The van der Waals surface area contributed by atoms with Gasteiger partial charge in [-0.15, -0.1) is 0 Å². The van der Waals surface area contributed by atoms with Crippen molar-refractivity contribution in [2.45, 2.75) is 4.90 Å². The molecule has 0 atom stereocenters. The highest BCUT2D eigenvalue weighted by Crippen LogP contribution is 2.28. The van der Waals surface area contributed by atoms with Crippen molar-refractivity contribution in [2.75, 3.05) is 24.7 Å². The fourth-order valence-corrected chi connectivity index (χ4v) is 3.59. The Morgan fingerprint density at radius 2 is 1.76 bits per heavy atom. The van der Waals surface area contributed by atoms with Gasteiger partial charge in [0.15, 0.2) is 33.1 Å². The number of anilines is 1. The Balaban J connectivity index is 1.78. The van der Waals surface area contributed by atoms with Gasteiger partial charge in [-0.1, -0.05) is 0 Å². The average molecular weight is 431 g/mol. The second kappa shape index (κ2) is 7.66. The third-order valence-corrected chi connectivity index (χ3v) is 5.00. The van der Waals surface area contributed by atoms with E-state index in [1.165, 1.54) is 6.33 Å². The standard InChI is InChI=1S/C16H13F4N5O3S/c1-29(27,28)13-8(9(17)10(18)11(19)12(13)20)16(26)23-5-4-22-15-7-2-3-21-14(7)24-6-25-15/h2-3,6H,4-5H2,1H3,(H,23,26)(H2,21,22,24,25). The van der Waals surface area contributed by atoms with Crippen LogP contribution < -0.4 is 10.6 Å². The van der Waals surface area contributed by atoms with Gasteiger partial charge in [0.1, 0.15) is 22.7 Å². The molecule has 0 radical (unpaired) electrons. The average Bonchev–Trinajstić information content (AvgIpc) is 3.14. The molecule has 3 rings (SSSR count). The summed E-state index contributed by atoms with van der Waals surface area (Å²) in [6, 6.07) is 1.70. The third kappa shape index (κ3) is 3.85. The minimum atomic E-state index is -4.58. The minimum Gasteiger partial charge on any atom is -0.368 e. The number of benzene rings is 1. The second-order valence-corrected chi connectivity index (χ2v) is 7.83. The lowest BCUT2D eigenvalue weighted by Gasteiger charge is -2.13. The lowest BCUT2D eigenvalue weighted by atomic mass is 10.1. The lowest BCUT2D eigenvalue weighted by molar-refractivity contribution is 0.0944. The van der Waals surface area contributed by atoms with E-state index < -0.39 is 49.5 Å². The number of rotatable bonds is 6. The predicted molar refractivity (Wildman–Crippen MR) is 94.1 cm³/mol. The number of hydrogen-bond acceptors (Lipinski definition) is 6. The highest BCUT2D eigenvalue weighted by atomic mass is 32.2. The number of halogens is 4. The molecular weight excluding hydrogens is 418 g/mol. The Bertz CT molecular complexity index is 1210. The maximum absolute atomic E-state index is 14.1. The number of amides is 1. The molecule has 2 aromatic heterocycles. The summed E-state index contributed by atoms with van der Waals surface area (Å²) in [5.41, 5.74) is -0.873. The number of sulfone groups is 1. The summed E-state index contributed by atoms with van der Waals surface area (Å²) in [6.45, 7) is -0.150. The Hall–Kier alpha value is -3.22. The van der Waals surface area contributed by atoms with Crippen LogP contribution >= 0.6 is 0 Å². The van der Waals surface area contributed by atoms with Crippen molar-refractivity contribution in [3.8, 4) is 0 Å². The van der Waals surface area contributed by atoms with Gasteiger partial charge in [-0.25, -0.2) is 35.9 Å². The van der Waals surface area contributed by atoms with E-state index in [0.29, 0.717) is 23.1 Å². The normalized spacial score (nSPS) is 11.6. The van der Waals surface area contributed by atoms with Gasteiger partial charge in [-0.2, -0.15) is 0 Å². The van der Waals surface area contributed by atoms with Crippen molar-refractivity contribution >= 4 is 32.6 Å². The first-order valence-electron chi connectivity index (χ1n) is 7.99. The number of aromatic amines is 1. The monoisotopic (exact) mass is 431 g/mol. The molecule has 13 heteroatoms. The predicted octanol–water partition coefficient (Wildman–Crippen LogP) is 1.76. The Labute approximate surface area is 161 Å². The first-order valence-corrected chi connectivity index (χ1v) is 9.88. The molecule has 0 saturated carbocycles. The molecule has 0 saturated heterocycles. The van der Waals surface area contributed by atoms with E-state index in [1.807, 2.05) is 0 Å². The van der Waals surface area contributed by atoms with Crippen molar-refractivity contribution in [3.63, 3.8) is 0 Å². The smallest absolute Gasteiger partial charge is 0.255 e. The summed E-state index contributed by atoms with van der Waals surface area (Å²) in [6.07, 6.45) is 3.37. The number of nitrogens with zero attached hydrogens (tertiary/aromatic N) is 2. The molecule has 8 nitrogen and oxygen atoms in total. The molecule has 3 aromatic rings. The largest absolute Gasteiger partial charge is 0.368 e. The van der Waals surface area contributed by atoms with Crippen LogP contribution in [0.5, 0.6) is 0 Å². The van der Waals surface area contributed by atoms with Crippen LogP contribution in [0.1, 0.15) is 10.4 Å². The number of H-pyrrole nitrogens is 1. The summed E-state index contributed by atoms with van der Waals surface area (Å²) in [4.78, 5) is 21.5. The van der Waals surface area contributed by atoms with Gasteiger partial charge in [0.05, 0.1) is 10.9 Å². The summed E-state index contributed by atoms with van der Waals surface area (Å²) < 4.78 is 78.3. The highest BCUT2D eigenvalue weighted by Gasteiger charge is 2.33. The maximum Gasteiger partial charge on any atom is 0.255 e. The van der Waals surface area contributed by atoms with Crippen LogP contribution in [0.15, 0.2) is 23.5 Å². The fourth-order valence-electron chi connectivity index (χ4n) is 2.62. The van der Waals surface area contributed by atoms with Crippen molar-refractivity contribution in [2.24, 2.45) is 0 Å². The number of nitrogens with one attached hydrogen (secondary N) is 3. The molecule has 3 N–H and O–H groups in total. The zero-order valence-corrected chi connectivity index (χ0v) is 15.5. The second-order valence-electron chi connectivity index (χ2n) is 5.88. The van der Waals surface area contributed by atoms with Gasteiger partial charge < -0.3 is 15.6 Å². The number of carbonyl (C=O) groups excluding carboxylic acids is 1. The molecule has 0 aliphatic carbocycles. The molecule has 0 aliphatic heterocycles. The third-order valence-electron chi connectivity index (χ3n) is 3.88. The Morgan fingerprint density at radius 3 is 2.45 bits per heavy atom. The van der Waals surface area contributed by atoms with E-state index in [-0.39, 0.29) is 13.1 Å². The number of carbonyl (C=O) groups is 1. The quantitative estimate of drug-likeness (QED) is 0.180. The maximum atomic E-state index is 14.1. The fraction of sp³-hybridized carbons (Fsp3) is 0.188. The van der Waals surface area contributed by atoms with Crippen LogP contribution in [0, 0.1) is 23.3 Å². The van der Waals surface area contributed by atoms with Crippen LogP contribution in [0.3, 0.4) is 0 Å². The Morgan fingerprint density at radius 1 is 1.07 bits per heavy atom. The molecular formula is C16H13F4N5O3S. The number of hydrogen-bond donors (Lipinski definition) is 3. The molecule has 29 heavy (non-hydrogen) atoms. The Kier molecular flexibility index (Phi) is 5.42. The summed E-state index contributed by atoms with van der Waals surface area (Å²) in [5, 5.41) is 5.65. The van der Waals surface area contributed by atoms with E-state index in [0.717, 1.165) is 0 Å².